The van der Waals surface area contributed by atoms with Gasteiger partial charge in [0.05, 0.1) is 5.69 Å². The lowest BCUT2D eigenvalue weighted by molar-refractivity contribution is 0.254. The first-order valence-corrected chi connectivity index (χ1v) is 11.1. The molecule has 0 amide bonds. The predicted octanol–water partition coefficient (Wildman–Crippen LogP) is 2.31. The summed E-state index contributed by atoms with van der Waals surface area (Å²) in [6.07, 6.45) is 9.09. The van der Waals surface area contributed by atoms with Crippen molar-refractivity contribution >= 4 is 17.3 Å². The summed E-state index contributed by atoms with van der Waals surface area (Å²) in [5.41, 5.74) is 3.59. The van der Waals surface area contributed by atoms with Gasteiger partial charge in [-0.05, 0) is 32.6 Å². The van der Waals surface area contributed by atoms with Gasteiger partial charge in [0.2, 0.25) is 17.7 Å². The highest BCUT2D eigenvalue weighted by Crippen LogP contribution is 2.32. The van der Waals surface area contributed by atoms with Crippen LogP contribution in [0.2, 0.25) is 0 Å². The van der Waals surface area contributed by atoms with Crippen LogP contribution in [-0.4, -0.2) is 76.0 Å². The second kappa shape index (κ2) is 9.14. The van der Waals surface area contributed by atoms with Crippen LogP contribution in [0.3, 0.4) is 0 Å². The molecule has 0 atom stereocenters. The molecule has 0 aromatic carbocycles. The molecule has 0 saturated carbocycles. The van der Waals surface area contributed by atoms with Crippen molar-refractivity contribution in [2.24, 2.45) is 14.1 Å². The van der Waals surface area contributed by atoms with Crippen LogP contribution in [0.1, 0.15) is 5.56 Å². The standard InChI is InChI=1S/C23H27N11O/c1-15-16(17-7-10-33(5)29-17)14-34-19(15)20(27-21(30-34)22-24-9-11-32(22)4)28-23-25-8-6-18(26-23)35-13-12-31(2)3/h6-11,14H,12-13H2,1-5H3,(H,25,26,27,28,30). The number of aromatic nitrogens is 9. The average Bonchev–Trinajstić information content (AvgIpc) is 3.52. The highest BCUT2D eigenvalue weighted by Gasteiger charge is 2.20. The molecule has 0 spiro atoms. The number of imidazole rings is 1. The summed E-state index contributed by atoms with van der Waals surface area (Å²) in [6, 6.07) is 3.71. The summed E-state index contributed by atoms with van der Waals surface area (Å²) in [5.74, 6) is 2.53. The van der Waals surface area contributed by atoms with E-state index < -0.39 is 0 Å². The predicted molar refractivity (Wildman–Crippen MR) is 131 cm³/mol. The van der Waals surface area contributed by atoms with Crippen LogP contribution in [0.5, 0.6) is 5.88 Å². The van der Waals surface area contributed by atoms with E-state index in [2.05, 4.69) is 25.4 Å². The van der Waals surface area contributed by atoms with Crippen LogP contribution in [0, 0.1) is 6.92 Å². The number of rotatable bonds is 8. The Morgan fingerprint density at radius 1 is 1.03 bits per heavy atom. The normalized spacial score (nSPS) is 11.5. The van der Waals surface area contributed by atoms with Crippen molar-refractivity contribution in [2.75, 3.05) is 32.6 Å². The smallest absolute Gasteiger partial charge is 0.231 e. The van der Waals surface area contributed by atoms with Gasteiger partial charge in [-0.1, -0.05) is 0 Å². The number of nitrogens with one attached hydrogen (secondary N) is 1. The molecular weight excluding hydrogens is 446 g/mol. The fourth-order valence-corrected chi connectivity index (χ4v) is 3.73. The Labute approximate surface area is 202 Å². The molecule has 180 valence electrons. The van der Waals surface area contributed by atoms with E-state index in [1.807, 2.05) is 69.2 Å². The lowest BCUT2D eigenvalue weighted by Gasteiger charge is -2.12. The quantitative estimate of drug-likeness (QED) is 0.362. The minimum absolute atomic E-state index is 0.374. The molecule has 0 aliphatic heterocycles. The van der Waals surface area contributed by atoms with E-state index in [1.54, 1.807) is 27.7 Å². The molecule has 12 nitrogen and oxygen atoms in total. The minimum Gasteiger partial charge on any atom is -0.476 e. The molecule has 0 radical (unpaired) electrons. The van der Waals surface area contributed by atoms with Crippen molar-refractivity contribution in [3.8, 4) is 28.8 Å². The molecule has 0 fully saturated rings. The molecule has 5 aromatic rings. The third-order valence-electron chi connectivity index (χ3n) is 5.54. The fourth-order valence-electron chi connectivity index (χ4n) is 3.73. The van der Waals surface area contributed by atoms with Crippen molar-refractivity contribution in [3.63, 3.8) is 0 Å². The Hall–Kier alpha value is -4.32. The third-order valence-corrected chi connectivity index (χ3v) is 5.54. The van der Waals surface area contributed by atoms with Gasteiger partial charge in [0, 0.05) is 63.3 Å². The topological polar surface area (TPSA) is 116 Å². The van der Waals surface area contributed by atoms with Gasteiger partial charge < -0.3 is 19.5 Å². The van der Waals surface area contributed by atoms with Gasteiger partial charge in [-0.3, -0.25) is 4.68 Å². The summed E-state index contributed by atoms with van der Waals surface area (Å²) >= 11 is 0. The van der Waals surface area contributed by atoms with Crippen molar-refractivity contribution in [1.82, 2.24) is 48.8 Å². The van der Waals surface area contributed by atoms with Crippen molar-refractivity contribution in [3.05, 3.63) is 48.7 Å². The van der Waals surface area contributed by atoms with Gasteiger partial charge in [0.25, 0.3) is 0 Å². The number of hydrogen-bond acceptors (Lipinski definition) is 9. The number of anilines is 2. The Morgan fingerprint density at radius 3 is 2.60 bits per heavy atom. The highest BCUT2D eigenvalue weighted by molar-refractivity contribution is 5.83. The summed E-state index contributed by atoms with van der Waals surface area (Å²) in [7, 11) is 7.79. The second-order valence-electron chi connectivity index (χ2n) is 8.48. The summed E-state index contributed by atoms with van der Waals surface area (Å²) in [4.78, 5) is 20.2. The van der Waals surface area contributed by atoms with Crippen molar-refractivity contribution < 1.29 is 4.74 Å². The lowest BCUT2D eigenvalue weighted by Crippen LogP contribution is -2.19. The van der Waals surface area contributed by atoms with E-state index in [0.29, 0.717) is 35.9 Å². The number of likely N-dealkylation sites (N-methyl/N-ethyl adjacent to an activating group) is 1. The zero-order chi connectivity index (χ0) is 24.5. The molecule has 0 unspecified atom stereocenters. The minimum atomic E-state index is 0.374. The van der Waals surface area contributed by atoms with E-state index in [9.17, 15) is 0 Å². The Bertz CT molecular complexity index is 1480. The number of fused-ring (bicyclic) bond motifs is 1. The first-order chi connectivity index (χ1) is 16.9. The first-order valence-electron chi connectivity index (χ1n) is 11.1. The Balaban J connectivity index is 1.58. The molecule has 5 rings (SSSR count). The maximum Gasteiger partial charge on any atom is 0.231 e. The van der Waals surface area contributed by atoms with Crippen molar-refractivity contribution in [2.45, 2.75) is 6.92 Å². The summed E-state index contributed by atoms with van der Waals surface area (Å²) in [6.45, 7) is 3.33. The second-order valence-corrected chi connectivity index (χ2v) is 8.48. The average molecular weight is 474 g/mol. The largest absolute Gasteiger partial charge is 0.476 e. The summed E-state index contributed by atoms with van der Waals surface area (Å²) in [5, 5.41) is 12.6. The molecule has 0 bridgehead atoms. The van der Waals surface area contributed by atoms with E-state index in [-0.39, 0.29) is 0 Å². The maximum atomic E-state index is 5.77. The molecule has 35 heavy (non-hydrogen) atoms. The van der Waals surface area contributed by atoms with Crippen LogP contribution >= 0.6 is 0 Å². The molecule has 1 N–H and O–H groups in total. The van der Waals surface area contributed by atoms with Gasteiger partial charge >= 0.3 is 0 Å². The van der Waals surface area contributed by atoms with E-state index >= 15 is 0 Å². The SMILES string of the molecule is Cc1c(-c2ccn(C)n2)cn2nc(-c3nccn3C)nc(Nc3nccc(OCCN(C)C)n3)c12. The van der Waals surface area contributed by atoms with Crippen LogP contribution in [0.25, 0.3) is 28.4 Å². The molecule has 0 aliphatic carbocycles. The third kappa shape index (κ3) is 4.55. The van der Waals surface area contributed by atoms with Gasteiger partial charge in [0.15, 0.2) is 11.6 Å². The lowest BCUT2D eigenvalue weighted by atomic mass is 10.1. The fraction of sp³-hybridized carbons (Fsp3) is 0.304. The zero-order valence-corrected chi connectivity index (χ0v) is 20.3. The molecule has 0 aliphatic rings. The van der Waals surface area contributed by atoms with Crippen molar-refractivity contribution in [1.29, 1.82) is 0 Å². The number of nitrogens with zero attached hydrogens (tertiary/aromatic N) is 10. The highest BCUT2D eigenvalue weighted by atomic mass is 16.5. The molecule has 0 saturated heterocycles. The molecular formula is C23H27N11O. The summed E-state index contributed by atoms with van der Waals surface area (Å²) < 4.78 is 11.2. The van der Waals surface area contributed by atoms with Crippen LogP contribution < -0.4 is 10.1 Å². The van der Waals surface area contributed by atoms with Crippen LogP contribution in [-0.2, 0) is 14.1 Å². The van der Waals surface area contributed by atoms with Crippen LogP contribution in [0.15, 0.2) is 43.1 Å². The maximum absolute atomic E-state index is 5.77. The number of aryl methyl sites for hydroxylation is 3. The number of ether oxygens (including phenoxy) is 1. The van der Waals surface area contributed by atoms with Crippen LogP contribution in [0.4, 0.5) is 11.8 Å². The van der Waals surface area contributed by atoms with Gasteiger partial charge in [-0.25, -0.2) is 19.5 Å². The van der Waals surface area contributed by atoms with Gasteiger partial charge in [-0.15, -0.1) is 5.10 Å². The van der Waals surface area contributed by atoms with E-state index in [0.717, 1.165) is 28.9 Å². The first kappa shape index (κ1) is 22.5. The molecule has 5 aromatic heterocycles. The molecule has 12 heteroatoms. The molecule has 5 heterocycles. The van der Waals surface area contributed by atoms with Gasteiger partial charge in [0.1, 0.15) is 12.1 Å². The Kier molecular flexibility index (Phi) is 5.87. The Morgan fingerprint density at radius 2 is 1.89 bits per heavy atom. The van der Waals surface area contributed by atoms with Gasteiger partial charge in [-0.2, -0.15) is 10.1 Å². The van der Waals surface area contributed by atoms with E-state index in [4.69, 9.17) is 14.8 Å². The zero-order valence-electron chi connectivity index (χ0n) is 20.3. The number of hydrogen-bond donors (Lipinski definition) is 1. The van der Waals surface area contributed by atoms with E-state index in [1.165, 1.54) is 0 Å². The monoisotopic (exact) mass is 473 g/mol.